The van der Waals surface area contributed by atoms with Crippen molar-refractivity contribution in [3.05, 3.63) is 30.1 Å². The van der Waals surface area contributed by atoms with Gasteiger partial charge in [0.25, 0.3) is 0 Å². The predicted octanol–water partition coefficient (Wildman–Crippen LogP) is 0.767. The standard InChI is InChI=1S/C13H22N4/c14-12(13-5-1-2-6-16-13)4-3-9-17-10-7-15-8-11-17/h1-2,5-6,12,15H,3-4,7-11,14H2. The molecule has 0 amide bonds. The van der Waals surface area contributed by atoms with Crippen LogP contribution in [0.5, 0.6) is 0 Å². The zero-order chi connectivity index (χ0) is 11.9. The van der Waals surface area contributed by atoms with Gasteiger partial charge in [0.1, 0.15) is 0 Å². The fraction of sp³-hybridized carbons (Fsp3) is 0.615. The molecule has 0 saturated carbocycles. The van der Waals surface area contributed by atoms with Crippen molar-refractivity contribution >= 4 is 0 Å². The molecule has 0 radical (unpaired) electrons. The molecule has 1 aliphatic heterocycles. The van der Waals surface area contributed by atoms with Crippen LogP contribution < -0.4 is 11.1 Å². The summed E-state index contributed by atoms with van der Waals surface area (Å²) >= 11 is 0. The number of aromatic nitrogens is 1. The van der Waals surface area contributed by atoms with E-state index in [9.17, 15) is 0 Å². The lowest BCUT2D eigenvalue weighted by atomic mass is 10.1. The van der Waals surface area contributed by atoms with Crippen LogP contribution in [0.2, 0.25) is 0 Å². The Morgan fingerprint density at radius 2 is 2.18 bits per heavy atom. The molecule has 0 aliphatic carbocycles. The first-order chi connectivity index (χ1) is 8.36. The lowest BCUT2D eigenvalue weighted by Crippen LogP contribution is -2.43. The number of hydrogen-bond donors (Lipinski definition) is 2. The Bertz CT molecular complexity index is 308. The molecule has 1 aromatic rings. The lowest BCUT2D eigenvalue weighted by Gasteiger charge is -2.27. The number of rotatable bonds is 5. The van der Waals surface area contributed by atoms with Gasteiger partial charge in [-0.05, 0) is 31.5 Å². The van der Waals surface area contributed by atoms with Gasteiger partial charge in [-0.1, -0.05) is 6.07 Å². The second-order valence-corrected chi connectivity index (χ2v) is 4.59. The summed E-state index contributed by atoms with van der Waals surface area (Å²) in [5.74, 6) is 0. The van der Waals surface area contributed by atoms with Crippen LogP contribution in [0.4, 0.5) is 0 Å². The third kappa shape index (κ3) is 4.07. The Hall–Kier alpha value is -0.970. The van der Waals surface area contributed by atoms with E-state index in [0.717, 1.165) is 38.2 Å². The van der Waals surface area contributed by atoms with Crippen LogP contribution in [0.3, 0.4) is 0 Å². The van der Waals surface area contributed by atoms with Gasteiger partial charge in [0.05, 0.1) is 5.69 Å². The molecule has 0 aromatic carbocycles. The summed E-state index contributed by atoms with van der Waals surface area (Å²) in [6.07, 6.45) is 3.98. The minimum absolute atomic E-state index is 0.0825. The van der Waals surface area contributed by atoms with Crippen molar-refractivity contribution in [2.24, 2.45) is 5.73 Å². The zero-order valence-electron chi connectivity index (χ0n) is 10.3. The average molecular weight is 234 g/mol. The first-order valence-corrected chi connectivity index (χ1v) is 6.46. The first-order valence-electron chi connectivity index (χ1n) is 6.46. The van der Waals surface area contributed by atoms with Crippen LogP contribution in [0.15, 0.2) is 24.4 Å². The van der Waals surface area contributed by atoms with Crippen LogP contribution in [0.25, 0.3) is 0 Å². The Morgan fingerprint density at radius 3 is 2.88 bits per heavy atom. The normalized spacial score (nSPS) is 19.1. The van der Waals surface area contributed by atoms with Gasteiger partial charge in [0, 0.05) is 38.4 Å². The van der Waals surface area contributed by atoms with Gasteiger partial charge in [-0.2, -0.15) is 0 Å². The molecule has 0 bridgehead atoms. The summed E-state index contributed by atoms with van der Waals surface area (Å²) in [6.45, 7) is 5.72. The van der Waals surface area contributed by atoms with Crippen molar-refractivity contribution in [2.75, 3.05) is 32.7 Å². The fourth-order valence-electron chi connectivity index (χ4n) is 2.21. The molecule has 2 rings (SSSR count). The minimum Gasteiger partial charge on any atom is -0.323 e. The second kappa shape index (κ2) is 6.69. The highest BCUT2D eigenvalue weighted by atomic mass is 15.2. The molecule has 1 saturated heterocycles. The smallest absolute Gasteiger partial charge is 0.0570 e. The molecule has 0 spiro atoms. The molecule has 17 heavy (non-hydrogen) atoms. The highest BCUT2D eigenvalue weighted by molar-refractivity contribution is 5.07. The number of pyridine rings is 1. The van der Waals surface area contributed by atoms with Gasteiger partial charge >= 0.3 is 0 Å². The molecule has 1 fully saturated rings. The molecule has 1 aromatic heterocycles. The molecule has 4 nitrogen and oxygen atoms in total. The minimum atomic E-state index is 0.0825. The third-order valence-corrected chi connectivity index (χ3v) is 3.27. The molecular weight excluding hydrogens is 212 g/mol. The lowest BCUT2D eigenvalue weighted by molar-refractivity contribution is 0.234. The van der Waals surface area contributed by atoms with Gasteiger partial charge in [-0.3, -0.25) is 4.98 Å². The highest BCUT2D eigenvalue weighted by Crippen LogP contribution is 2.13. The summed E-state index contributed by atoms with van der Waals surface area (Å²) in [4.78, 5) is 6.80. The molecule has 1 aliphatic rings. The number of nitrogens with one attached hydrogen (secondary N) is 1. The summed E-state index contributed by atoms with van der Waals surface area (Å²) in [5, 5.41) is 3.36. The Kier molecular flexibility index (Phi) is 4.91. The number of hydrogen-bond acceptors (Lipinski definition) is 4. The maximum Gasteiger partial charge on any atom is 0.0570 e. The van der Waals surface area contributed by atoms with Crippen molar-refractivity contribution in [3.63, 3.8) is 0 Å². The summed E-state index contributed by atoms with van der Waals surface area (Å²) in [6, 6.07) is 6.02. The Morgan fingerprint density at radius 1 is 1.35 bits per heavy atom. The van der Waals surface area contributed by atoms with Crippen molar-refractivity contribution in [2.45, 2.75) is 18.9 Å². The number of nitrogens with zero attached hydrogens (tertiary/aromatic N) is 2. The van der Waals surface area contributed by atoms with Crippen LogP contribution in [-0.2, 0) is 0 Å². The number of nitrogens with two attached hydrogens (primary N) is 1. The molecule has 94 valence electrons. The third-order valence-electron chi connectivity index (χ3n) is 3.27. The summed E-state index contributed by atoms with van der Waals surface area (Å²) < 4.78 is 0. The molecule has 1 atom stereocenters. The van der Waals surface area contributed by atoms with E-state index in [1.165, 1.54) is 13.1 Å². The van der Waals surface area contributed by atoms with Crippen molar-refractivity contribution in [1.82, 2.24) is 15.2 Å². The van der Waals surface area contributed by atoms with Gasteiger partial charge < -0.3 is 16.0 Å². The largest absolute Gasteiger partial charge is 0.323 e. The second-order valence-electron chi connectivity index (χ2n) is 4.59. The molecule has 3 N–H and O–H groups in total. The fourth-order valence-corrected chi connectivity index (χ4v) is 2.21. The van der Waals surface area contributed by atoms with E-state index in [2.05, 4.69) is 15.2 Å². The van der Waals surface area contributed by atoms with E-state index in [1.54, 1.807) is 0 Å². The molecule has 1 unspecified atom stereocenters. The number of piperazine rings is 1. The van der Waals surface area contributed by atoms with E-state index in [4.69, 9.17) is 5.73 Å². The van der Waals surface area contributed by atoms with Crippen LogP contribution >= 0.6 is 0 Å². The van der Waals surface area contributed by atoms with E-state index in [1.807, 2.05) is 24.4 Å². The Labute approximate surface area is 103 Å². The first kappa shape index (κ1) is 12.5. The zero-order valence-corrected chi connectivity index (χ0v) is 10.3. The van der Waals surface area contributed by atoms with Crippen molar-refractivity contribution < 1.29 is 0 Å². The van der Waals surface area contributed by atoms with Crippen molar-refractivity contribution in [3.8, 4) is 0 Å². The molecule has 2 heterocycles. The van der Waals surface area contributed by atoms with E-state index >= 15 is 0 Å². The topological polar surface area (TPSA) is 54.2 Å². The predicted molar refractivity (Wildman–Crippen MR) is 69.7 cm³/mol. The van der Waals surface area contributed by atoms with Crippen LogP contribution in [0.1, 0.15) is 24.6 Å². The summed E-state index contributed by atoms with van der Waals surface area (Å²) in [7, 11) is 0. The van der Waals surface area contributed by atoms with Gasteiger partial charge in [0.2, 0.25) is 0 Å². The van der Waals surface area contributed by atoms with Gasteiger partial charge in [0.15, 0.2) is 0 Å². The SMILES string of the molecule is NC(CCCN1CCNCC1)c1ccccn1. The highest BCUT2D eigenvalue weighted by Gasteiger charge is 2.11. The van der Waals surface area contributed by atoms with Crippen LogP contribution in [-0.4, -0.2) is 42.6 Å². The maximum atomic E-state index is 6.12. The van der Waals surface area contributed by atoms with E-state index in [0.29, 0.717) is 0 Å². The summed E-state index contributed by atoms with van der Waals surface area (Å²) in [5.41, 5.74) is 7.12. The van der Waals surface area contributed by atoms with Crippen LogP contribution in [0, 0.1) is 0 Å². The Balaban J connectivity index is 1.67. The van der Waals surface area contributed by atoms with Gasteiger partial charge in [-0.15, -0.1) is 0 Å². The monoisotopic (exact) mass is 234 g/mol. The maximum absolute atomic E-state index is 6.12. The average Bonchev–Trinajstić information content (AvgIpc) is 2.41. The molecular formula is C13H22N4. The van der Waals surface area contributed by atoms with E-state index < -0.39 is 0 Å². The van der Waals surface area contributed by atoms with Gasteiger partial charge in [-0.25, -0.2) is 0 Å². The van der Waals surface area contributed by atoms with Crippen molar-refractivity contribution in [1.29, 1.82) is 0 Å². The quantitative estimate of drug-likeness (QED) is 0.790. The molecule has 4 heteroatoms. The van der Waals surface area contributed by atoms with E-state index in [-0.39, 0.29) is 6.04 Å².